The second-order valence-corrected chi connectivity index (χ2v) is 7.45. The van der Waals surface area contributed by atoms with Crippen LogP contribution in [0, 0.1) is 6.92 Å². The molecule has 0 aromatic heterocycles. The molecular weight excluding hydrogens is 294 g/mol. The van der Waals surface area contributed by atoms with E-state index in [4.69, 9.17) is 11.6 Å². The maximum Gasteiger partial charge on any atom is 0.243 e. The maximum absolute atomic E-state index is 12.9. The van der Waals surface area contributed by atoms with Crippen LogP contribution in [0.3, 0.4) is 0 Å². The average molecular weight is 316 g/mol. The molecule has 0 bridgehead atoms. The highest BCUT2D eigenvalue weighted by Crippen LogP contribution is 2.30. The van der Waals surface area contributed by atoms with Gasteiger partial charge in [-0.25, -0.2) is 8.42 Å². The van der Waals surface area contributed by atoms with Crippen LogP contribution >= 0.6 is 11.6 Å². The number of halogens is 1. The van der Waals surface area contributed by atoms with Crippen LogP contribution in [0.4, 0.5) is 0 Å². The van der Waals surface area contributed by atoms with E-state index >= 15 is 0 Å². The van der Waals surface area contributed by atoms with Crippen LogP contribution in [0.1, 0.15) is 43.7 Å². The largest absolute Gasteiger partial charge is 0.243 e. The molecule has 1 saturated carbocycles. The van der Waals surface area contributed by atoms with Crippen molar-refractivity contribution in [1.29, 1.82) is 0 Å². The molecule has 1 aliphatic rings. The lowest BCUT2D eigenvalue weighted by atomic mass is 10.1. The third kappa shape index (κ3) is 2.87. The van der Waals surface area contributed by atoms with Crippen LogP contribution in [-0.4, -0.2) is 25.3 Å². The van der Waals surface area contributed by atoms with Crippen molar-refractivity contribution in [2.45, 2.75) is 56.3 Å². The van der Waals surface area contributed by atoms with Crippen molar-refractivity contribution in [3.8, 4) is 0 Å². The number of rotatable bonds is 5. The Hall–Kier alpha value is -0.580. The minimum absolute atomic E-state index is 0.157. The number of hydrogen-bond acceptors (Lipinski definition) is 2. The molecule has 1 aliphatic carbocycles. The molecule has 0 N–H and O–H groups in total. The molecule has 3 nitrogen and oxygen atoms in total. The lowest BCUT2D eigenvalue weighted by molar-refractivity contribution is 0.335. The minimum Gasteiger partial charge on any atom is -0.207 e. The Labute approximate surface area is 127 Å². The molecule has 0 radical (unpaired) electrons. The summed E-state index contributed by atoms with van der Waals surface area (Å²) in [6.45, 7) is 4.28. The number of sulfonamides is 1. The first kappa shape index (κ1) is 15.8. The van der Waals surface area contributed by atoms with Gasteiger partial charge in [-0.1, -0.05) is 31.9 Å². The molecule has 1 aromatic rings. The second-order valence-electron chi connectivity index (χ2n) is 5.32. The van der Waals surface area contributed by atoms with Gasteiger partial charge in [0.1, 0.15) is 0 Å². The zero-order valence-electron chi connectivity index (χ0n) is 12.1. The van der Waals surface area contributed by atoms with Gasteiger partial charge in [0.05, 0.1) is 4.90 Å². The highest BCUT2D eigenvalue weighted by Gasteiger charge is 2.33. The van der Waals surface area contributed by atoms with Gasteiger partial charge < -0.3 is 0 Å². The molecule has 0 aliphatic heterocycles. The molecule has 112 valence electrons. The lowest BCUT2D eigenvalue weighted by Gasteiger charge is -2.27. The normalized spacial score (nSPS) is 17.0. The third-order valence-electron chi connectivity index (χ3n) is 4.17. The van der Waals surface area contributed by atoms with Gasteiger partial charge in [-0.15, -0.1) is 11.6 Å². The number of hydrogen-bond donors (Lipinski definition) is 0. The van der Waals surface area contributed by atoms with Gasteiger partial charge in [0, 0.05) is 18.5 Å². The quantitative estimate of drug-likeness (QED) is 0.777. The molecule has 0 saturated heterocycles. The number of benzene rings is 1. The molecule has 1 fully saturated rings. The summed E-state index contributed by atoms with van der Waals surface area (Å²) in [5, 5.41) is 0. The zero-order valence-corrected chi connectivity index (χ0v) is 13.7. The molecule has 0 atom stereocenters. The van der Waals surface area contributed by atoms with Gasteiger partial charge in [-0.05, 0) is 37.0 Å². The van der Waals surface area contributed by atoms with Crippen molar-refractivity contribution in [3.05, 3.63) is 29.3 Å². The van der Waals surface area contributed by atoms with E-state index in [0.717, 1.165) is 36.8 Å². The van der Waals surface area contributed by atoms with E-state index in [9.17, 15) is 8.42 Å². The third-order valence-corrected chi connectivity index (χ3v) is 6.63. The zero-order chi connectivity index (χ0) is 14.8. The maximum atomic E-state index is 12.9. The van der Waals surface area contributed by atoms with Crippen LogP contribution in [0.5, 0.6) is 0 Å². The van der Waals surface area contributed by atoms with Crippen molar-refractivity contribution < 1.29 is 8.42 Å². The summed E-state index contributed by atoms with van der Waals surface area (Å²) >= 11 is 5.89. The van der Waals surface area contributed by atoms with E-state index in [-0.39, 0.29) is 6.04 Å². The fourth-order valence-corrected chi connectivity index (χ4v) is 5.28. The Morgan fingerprint density at radius 2 is 1.95 bits per heavy atom. The molecule has 5 heteroatoms. The SMILES string of the molecule is CCN(C1CCCC1)S(=O)(=O)c1cccc(CCl)c1C. The summed E-state index contributed by atoms with van der Waals surface area (Å²) in [6.07, 6.45) is 4.19. The van der Waals surface area contributed by atoms with Crippen molar-refractivity contribution in [2.75, 3.05) is 6.54 Å². The Kier molecular flexibility index (Phi) is 5.10. The Bertz CT molecular complexity index is 565. The minimum atomic E-state index is -3.42. The van der Waals surface area contributed by atoms with Gasteiger partial charge >= 0.3 is 0 Å². The van der Waals surface area contributed by atoms with Crippen LogP contribution in [0.15, 0.2) is 23.1 Å². The van der Waals surface area contributed by atoms with Crippen molar-refractivity contribution in [1.82, 2.24) is 4.31 Å². The average Bonchev–Trinajstić information content (AvgIpc) is 2.93. The predicted molar refractivity (Wildman–Crippen MR) is 82.6 cm³/mol. The van der Waals surface area contributed by atoms with Gasteiger partial charge in [0.25, 0.3) is 0 Å². The van der Waals surface area contributed by atoms with Crippen LogP contribution < -0.4 is 0 Å². The molecule has 20 heavy (non-hydrogen) atoms. The first-order valence-electron chi connectivity index (χ1n) is 7.18. The van der Waals surface area contributed by atoms with E-state index in [2.05, 4.69) is 0 Å². The van der Waals surface area contributed by atoms with E-state index in [0.29, 0.717) is 17.3 Å². The molecule has 0 spiro atoms. The predicted octanol–water partition coefficient (Wildman–Crippen LogP) is 3.69. The molecular formula is C15H22ClNO2S. The summed E-state index contributed by atoms with van der Waals surface area (Å²) in [5.41, 5.74) is 1.66. The molecule has 2 rings (SSSR count). The fourth-order valence-electron chi connectivity index (χ4n) is 3.03. The van der Waals surface area contributed by atoms with Crippen molar-refractivity contribution >= 4 is 21.6 Å². The number of nitrogens with zero attached hydrogens (tertiary/aromatic N) is 1. The van der Waals surface area contributed by atoms with E-state index in [1.807, 2.05) is 19.9 Å². The summed E-state index contributed by atoms with van der Waals surface area (Å²) in [5.74, 6) is 0.338. The van der Waals surface area contributed by atoms with Crippen LogP contribution in [-0.2, 0) is 15.9 Å². The van der Waals surface area contributed by atoms with Crippen molar-refractivity contribution in [3.63, 3.8) is 0 Å². The highest BCUT2D eigenvalue weighted by molar-refractivity contribution is 7.89. The van der Waals surface area contributed by atoms with Crippen LogP contribution in [0.25, 0.3) is 0 Å². The Morgan fingerprint density at radius 3 is 2.50 bits per heavy atom. The van der Waals surface area contributed by atoms with E-state index in [1.165, 1.54) is 0 Å². The first-order valence-corrected chi connectivity index (χ1v) is 9.16. The Morgan fingerprint density at radius 1 is 1.30 bits per heavy atom. The summed E-state index contributed by atoms with van der Waals surface area (Å²) < 4.78 is 27.5. The summed E-state index contributed by atoms with van der Waals surface area (Å²) in [7, 11) is -3.42. The summed E-state index contributed by atoms with van der Waals surface area (Å²) in [6, 6.07) is 5.51. The first-order chi connectivity index (χ1) is 9.52. The topological polar surface area (TPSA) is 37.4 Å². The smallest absolute Gasteiger partial charge is 0.207 e. The van der Waals surface area contributed by atoms with Gasteiger partial charge in [-0.2, -0.15) is 4.31 Å². The molecule has 1 aromatic carbocycles. The second kappa shape index (κ2) is 6.46. The van der Waals surface area contributed by atoms with Crippen LogP contribution in [0.2, 0.25) is 0 Å². The monoisotopic (exact) mass is 315 g/mol. The van der Waals surface area contributed by atoms with Gasteiger partial charge in [-0.3, -0.25) is 0 Å². The summed E-state index contributed by atoms with van der Waals surface area (Å²) in [4.78, 5) is 0.407. The van der Waals surface area contributed by atoms with E-state index < -0.39 is 10.0 Å². The lowest BCUT2D eigenvalue weighted by Crippen LogP contribution is -2.38. The number of alkyl halides is 1. The highest BCUT2D eigenvalue weighted by atomic mass is 35.5. The Balaban J connectivity index is 2.43. The van der Waals surface area contributed by atoms with Gasteiger partial charge in [0.15, 0.2) is 0 Å². The molecule has 0 unspecified atom stereocenters. The standard InChI is InChI=1S/C15H22ClNO2S/c1-3-17(14-8-4-5-9-14)20(18,19)15-10-6-7-13(11-16)12(15)2/h6-7,10,14H,3-5,8-9,11H2,1-2H3. The molecule has 0 heterocycles. The van der Waals surface area contributed by atoms with Gasteiger partial charge in [0.2, 0.25) is 10.0 Å². The van der Waals surface area contributed by atoms with Crippen molar-refractivity contribution in [2.24, 2.45) is 0 Å². The molecule has 0 amide bonds. The van der Waals surface area contributed by atoms with E-state index in [1.54, 1.807) is 16.4 Å². The fraction of sp³-hybridized carbons (Fsp3) is 0.600.